The first-order chi connectivity index (χ1) is 6.43. The Kier molecular flexibility index (Phi) is 5.68. The van der Waals surface area contributed by atoms with E-state index in [1.165, 1.54) is 0 Å². The number of rotatable bonds is 7. The smallest absolute Gasteiger partial charge is 0.323 e. The van der Waals surface area contributed by atoms with E-state index in [0.29, 0.717) is 6.61 Å². The van der Waals surface area contributed by atoms with Crippen molar-refractivity contribution in [3.05, 3.63) is 0 Å². The molecular weight excluding hydrogens is 186 g/mol. The molecule has 0 aliphatic heterocycles. The molecule has 0 aromatic carbocycles. The first kappa shape index (κ1) is 13.4. The predicted molar refractivity (Wildman–Crippen MR) is 52.2 cm³/mol. The number of carboxylic acids is 1. The number of aliphatic carboxylic acids is 1. The molecule has 0 rings (SSSR count). The maximum Gasteiger partial charge on any atom is 0.323 e. The van der Waals surface area contributed by atoms with Crippen molar-refractivity contribution in [1.29, 1.82) is 0 Å². The van der Waals surface area contributed by atoms with E-state index in [1.807, 2.05) is 13.8 Å². The highest BCUT2D eigenvalue weighted by atomic mass is 16.5. The molecular formula is C9H19NO4. The summed E-state index contributed by atoms with van der Waals surface area (Å²) < 4.78 is 5.20. The highest BCUT2D eigenvalue weighted by Crippen LogP contribution is 2.13. The van der Waals surface area contributed by atoms with Gasteiger partial charge in [-0.3, -0.25) is 4.79 Å². The second-order valence-electron chi connectivity index (χ2n) is 4.02. The van der Waals surface area contributed by atoms with E-state index in [2.05, 4.69) is 5.32 Å². The van der Waals surface area contributed by atoms with Crippen LogP contribution >= 0.6 is 0 Å². The molecule has 0 aromatic heterocycles. The summed E-state index contributed by atoms with van der Waals surface area (Å²) in [6, 6.07) is -0.690. The van der Waals surface area contributed by atoms with Gasteiger partial charge in [0.15, 0.2) is 0 Å². The monoisotopic (exact) mass is 205 g/mol. The van der Waals surface area contributed by atoms with Crippen LogP contribution in [-0.4, -0.2) is 49.1 Å². The van der Waals surface area contributed by atoms with Gasteiger partial charge in [0.05, 0.1) is 19.8 Å². The van der Waals surface area contributed by atoms with Gasteiger partial charge >= 0.3 is 5.97 Å². The van der Waals surface area contributed by atoms with Crippen LogP contribution in [0.3, 0.4) is 0 Å². The Morgan fingerprint density at radius 2 is 2.14 bits per heavy atom. The molecule has 0 saturated heterocycles. The molecule has 0 spiro atoms. The Balaban J connectivity index is 3.77. The third-order valence-corrected chi connectivity index (χ3v) is 1.85. The molecule has 0 amide bonds. The lowest BCUT2D eigenvalue weighted by Crippen LogP contribution is -2.39. The van der Waals surface area contributed by atoms with Gasteiger partial charge in [-0.1, -0.05) is 13.8 Å². The van der Waals surface area contributed by atoms with Crippen LogP contribution in [0.2, 0.25) is 0 Å². The second-order valence-corrected chi connectivity index (χ2v) is 4.02. The molecule has 0 radical (unpaired) electrons. The largest absolute Gasteiger partial charge is 0.480 e. The van der Waals surface area contributed by atoms with Crippen molar-refractivity contribution in [2.75, 3.05) is 26.9 Å². The van der Waals surface area contributed by atoms with Crippen LogP contribution in [0.5, 0.6) is 0 Å². The van der Waals surface area contributed by atoms with Gasteiger partial charge in [-0.15, -0.1) is 0 Å². The maximum atomic E-state index is 10.6. The van der Waals surface area contributed by atoms with Gasteiger partial charge in [-0.2, -0.15) is 0 Å². The zero-order valence-electron chi connectivity index (χ0n) is 8.91. The van der Waals surface area contributed by atoms with E-state index < -0.39 is 12.0 Å². The minimum Gasteiger partial charge on any atom is -0.480 e. The van der Waals surface area contributed by atoms with E-state index in [9.17, 15) is 4.79 Å². The van der Waals surface area contributed by atoms with Gasteiger partial charge in [0, 0.05) is 5.41 Å². The van der Waals surface area contributed by atoms with Crippen molar-refractivity contribution in [3.63, 3.8) is 0 Å². The Morgan fingerprint density at radius 3 is 2.50 bits per heavy atom. The lowest BCUT2D eigenvalue weighted by Gasteiger charge is -2.22. The van der Waals surface area contributed by atoms with Crippen molar-refractivity contribution in [1.82, 2.24) is 5.32 Å². The Bertz CT molecular complexity index is 182. The zero-order chi connectivity index (χ0) is 11.2. The molecule has 0 heterocycles. The minimum absolute atomic E-state index is 0.0181. The summed E-state index contributed by atoms with van der Waals surface area (Å²) in [6.45, 7) is 4.17. The molecule has 0 bridgehead atoms. The fourth-order valence-corrected chi connectivity index (χ4v) is 0.777. The van der Waals surface area contributed by atoms with Crippen LogP contribution in [0.25, 0.3) is 0 Å². The summed E-state index contributed by atoms with van der Waals surface area (Å²) in [4.78, 5) is 10.6. The number of carbonyl (C=O) groups is 1. The van der Waals surface area contributed by atoms with E-state index in [0.717, 1.165) is 0 Å². The average molecular weight is 205 g/mol. The number of carboxylic acid groups (broad SMARTS) is 1. The molecule has 0 aliphatic carbocycles. The fourth-order valence-electron chi connectivity index (χ4n) is 0.777. The predicted octanol–water partition coefficient (Wildman–Crippen LogP) is -0.306. The Hall–Kier alpha value is -0.650. The second kappa shape index (κ2) is 5.95. The van der Waals surface area contributed by atoms with Crippen LogP contribution in [0, 0.1) is 5.41 Å². The van der Waals surface area contributed by atoms with Crippen LogP contribution in [0.1, 0.15) is 13.8 Å². The van der Waals surface area contributed by atoms with Crippen LogP contribution in [0.4, 0.5) is 0 Å². The number of hydrogen-bond donors (Lipinski definition) is 3. The molecule has 5 heteroatoms. The first-order valence-corrected chi connectivity index (χ1v) is 4.51. The Morgan fingerprint density at radius 1 is 1.57 bits per heavy atom. The van der Waals surface area contributed by atoms with Gasteiger partial charge < -0.3 is 20.3 Å². The topological polar surface area (TPSA) is 78.8 Å². The number of nitrogens with one attached hydrogen (secondary N) is 1. The quantitative estimate of drug-likeness (QED) is 0.531. The lowest BCUT2D eigenvalue weighted by molar-refractivity contribution is -0.141. The molecule has 0 saturated carbocycles. The number of hydrogen-bond acceptors (Lipinski definition) is 4. The van der Waals surface area contributed by atoms with E-state index in [4.69, 9.17) is 14.9 Å². The van der Waals surface area contributed by atoms with E-state index in [1.54, 1.807) is 7.05 Å². The van der Waals surface area contributed by atoms with E-state index in [-0.39, 0.29) is 18.6 Å². The summed E-state index contributed by atoms with van der Waals surface area (Å²) in [5.74, 6) is -0.936. The highest BCUT2D eigenvalue weighted by molar-refractivity contribution is 5.73. The van der Waals surface area contributed by atoms with Crippen molar-refractivity contribution < 1.29 is 19.7 Å². The van der Waals surface area contributed by atoms with Crippen molar-refractivity contribution >= 4 is 5.97 Å². The lowest BCUT2D eigenvalue weighted by atomic mass is 9.97. The Labute approximate surface area is 84.1 Å². The summed E-state index contributed by atoms with van der Waals surface area (Å²) in [7, 11) is 1.57. The summed E-state index contributed by atoms with van der Waals surface area (Å²) in [5.41, 5.74) is -0.323. The highest BCUT2D eigenvalue weighted by Gasteiger charge is 2.19. The molecule has 5 nitrogen and oxygen atoms in total. The van der Waals surface area contributed by atoms with Gasteiger partial charge in [0.1, 0.15) is 6.04 Å². The van der Waals surface area contributed by atoms with Gasteiger partial charge in [-0.05, 0) is 7.05 Å². The maximum absolute atomic E-state index is 10.6. The molecule has 3 N–H and O–H groups in total. The average Bonchev–Trinajstić information content (AvgIpc) is 2.12. The van der Waals surface area contributed by atoms with Gasteiger partial charge in [0.2, 0.25) is 0 Å². The number of aliphatic hydroxyl groups is 1. The van der Waals surface area contributed by atoms with Crippen molar-refractivity contribution in [2.45, 2.75) is 19.9 Å². The standard InChI is InChI=1S/C9H19NO4/c1-9(2,5-11)6-14-4-7(10-3)8(12)13/h7,10-11H,4-6H2,1-3H3,(H,12,13)/t7-/m0/s1. The SMILES string of the molecule is CN[C@@H](COCC(C)(C)CO)C(=O)O. The third kappa shape index (κ3) is 5.16. The van der Waals surface area contributed by atoms with E-state index >= 15 is 0 Å². The molecule has 0 unspecified atom stereocenters. The van der Waals surface area contributed by atoms with Crippen LogP contribution in [0.15, 0.2) is 0 Å². The number of likely N-dealkylation sites (N-methyl/N-ethyl adjacent to an activating group) is 1. The van der Waals surface area contributed by atoms with Crippen molar-refractivity contribution in [3.8, 4) is 0 Å². The summed E-state index contributed by atoms with van der Waals surface area (Å²) in [5, 5.41) is 20.2. The van der Waals surface area contributed by atoms with Crippen LogP contribution < -0.4 is 5.32 Å². The minimum atomic E-state index is -0.936. The molecule has 0 aliphatic rings. The molecule has 84 valence electrons. The normalized spacial score (nSPS) is 14.0. The molecule has 14 heavy (non-hydrogen) atoms. The fraction of sp³-hybridized carbons (Fsp3) is 0.889. The molecule has 1 atom stereocenters. The molecule has 0 fully saturated rings. The summed E-state index contributed by atoms with van der Waals surface area (Å²) in [6.07, 6.45) is 0. The van der Waals surface area contributed by atoms with Gasteiger partial charge in [-0.25, -0.2) is 0 Å². The van der Waals surface area contributed by atoms with Gasteiger partial charge in [0.25, 0.3) is 0 Å². The molecule has 0 aromatic rings. The number of aliphatic hydroxyl groups excluding tert-OH is 1. The summed E-state index contributed by atoms with van der Waals surface area (Å²) >= 11 is 0. The zero-order valence-corrected chi connectivity index (χ0v) is 8.91. The number of ether oxygens (including phenoxy) is 1. The third-order valence-electron chi connectivity index (χ3n) is 1.85. The van der Waals surface area contributed by atoms with Crippen molar-refractivity contribution in [2.24, 2.45) is 5.41 Å². The van der Waals surface area contributed by atoms with Crippen LogP contribution in [-0.2, 0) is 9.53 Å². The first-order valence-electron chi connectivity index (χ1n) is 4.51.